The van der Waals surface area contributed by atoms with E-state index in [0.29, 0.717) is 12.0 Å². The summed E-state index contributed by atoms with van der Waals surface area (Å²) in [5, 5.41) is 0. The Kier molecular flexibility index (Phi) is 3.97. The number of hydrogen-bond donors (Lipinski definition) is 0. The topological polar surface area (TPSA) is 39.5 Å². The van der Waals surface area contributed by atoms with Crippen LogP contribution in [0.25, 0.3) is 0 Å². The van der Waals surface area contributed by atoms with Gasteiger partial charge in [-0.15, -0.1) is 0 Å². The van der Waals surface area contributed by atoms with Gasteiger partial charge in [-0.1, -0.05) is 0 Å². The maximum atomic E-state index is 5.96. The van der Waals surface area contributed by atoms with Crippen LogP contribution in [0.15, 0.2) is 12.4 Å². The van der Waals surface area contributed by atoms with Crippen LogP contribution >= 0.6 is 0 Å². The summed E-state index contributed by atoms with van der Waals surface area (Å²) in [7, 11) is 0. The van der Waals surface area contributed by atoms with Crippen molar-refractivity contribution in [1.82, 2.24) is 14.5 Å². The molecule has 2 fully saturated rings. The molecule has 0 bridgehead atoms. The number of aromatic nitrogens is 2. The Labute approximate surface area is 126 Å². The molecule has 1 aliphatic carbocycles. The van der Waals surface area contributed by atoms with Gasteiger partial charge in [0.15, 0.2) is 0 Å². The molecule has 1 aromatic rings. The van der Waals surface area contributed by atoms with Gasteiger partial charge in [-0.25, -0.2) is 4.98 Å². The van der Waals surface area contributed by atoms with Crippen molar-refractivity contribution in [2.75, 3.05) is 33.0 Å². The SMILES string of the molecule is c1cn2c(n1)CN(C1CCOC1)CC(COCC1CC1)C2. The first kappa shape index (κ1) is 13.7. The van der Waals surface area contributed by atoms with Crippen molar-refractivity contribution in [3.05, 3.63) is 18.2 Å². The fourth-order valence-corrected chi connectivity index (χ4v) is 3.45. The molecule has 1 saturated carbocycles. The van der Waals surface area contributed by atoms with E-state index < -0.39 is 0 Å². The second kappa shape index (κ2) is 6.07. The molecule has 0 amide bonds. The molecule has 5 nitrogen and oxygen atoms in total. The van der Waals surface area contributed by atoms with Gasteiger partial charge in [-0.2, -0.15) is 0 Å². The van der Waals surface area contributed by atoms with Crippen molar-refractivity contribution in [3.8, 4) is 0 Å². The highest BCUT2D eigenvalue weighted by Crippen LogP contribution is 2.29. The number of fused-ring (bicyclic) bond motifs is 1. The van der Waals surface area contributed by atoms with Gasteiger partial charge in [-0.3, -0.25) is 4.90 Å². The highest BCUT2D eigenvalue weighted by atomic mass is 16.5. The Morgan fingerprint density at radius 3 is 2.90 bits per heavy atom. The van der Waals surface area contributed by atoms with Crippen molar-refractivity contribution < 1.29 is 9.47 Å². The van der Waals surface area contributed by atoms with E-state index in [1.54, 1.807) is 0 Å². The number of hydrogen-bond acceptors (Lipinski definition) is 4. The van der Waals surface area contributed by atoms with Gasteiger partial charge in [0.05, 0.1) is 19.8 Å². The number of imidazole rings is 1. The van der Waals surface area contributed by atoms with Crippen molar-refractivity contribution in [3.63, 3.8) is 0 Å². The lowest BCUT2D eigenvalue weighted by Gasteiger charge is -2.28. The zero-order valence-electron chi connectivity index (χ0n) is 12.6. The maximum absolute atomic E-state index is 5.96. The van der Waals surface area contributed by atoms with E-state index in [2.05, 4.69) is 20.6 Å². The van der Waals surface area contributed by atoms with E-state index >= 15 is 0 Å². The zero-order valence-corrected chi connectivity index (χ0v) is 12.6. The van der Waals surface area contributed by atoms with Crippen LogP contribution in [0.1, 0.15) is 25.1 Å². The largest absolute Gasteiger partial charge is 0.381 e. The third-order valence-electron chi connectivity index (χ3n) is 4.92. The fourth-order valence-electron chi connectivity index (χ4n) is 3.45. The lowest BCUT2D eigenvalue weighted by molar-refractivity contribution is 0.0599. The molecule has 1 aromatic heterocycles. The molecule has 0 radical (unpaired) electrons. The molecule has 2 atom stereocenters. The summed E-state index contributed by atoms with van der Waals surface area (Å²) in [5.41, 5.74) is 0. The summed E-state index contributed by atoms with van der Waals surface area (Å²) in [5.74, 6) is 2.59. The quantitative estimate of drug-likeness (QED) is 0.825. The highest BCUT2D eigenvalue weighted by molar-refractivity contribution is 4.97. The monoisotopic (exact) mass is 291 g/mol. The van der Waals surface area contributed by atoms with Gasteiger partial charge in [0.2, 0.25) is 0 Å². The number of rotatable bonds is 5. The first-order valence-corrected chi connectivity index (χ1v) is 8.28. The Balaban J connectivity index is 1.42. The summed E-state index contributed by atoms with van der Waals surface area (Å²) in [6.07, 6.45) is 7.91. The van der Waals surface area contributed by atoms with E-state index in [4.69, 9.17) is 9.47 Å². The van der Waals surface area contributed by atoms with Gasteiger partial charge in [-0.05, 0) is 25.2 Å². The Morgan fingerprint density at radius 1 is 1.19 bits per heavy atom. The summed E-state index contributed by atoms with van der Waals surface area (Å²) < 4.78 is 13.8. The van der Waals surface area contributed by atoms with Crippen LogP contribution in [-0.2, 0) is 22.6 Å². The lowest BCUT2D eigenvalue weighted by atomic mass is 10.1. The first-order chi connectivity index (χ1) is 10.4. The molecule has 2 unspecified atom stereocenters. The summed E-state index contributed by atoms with van der Waals surface area (Å²) in [6.45, 7) is 6.68. The minimum absolute atomic E-state index is 0.555. The van der Waals surface area contributed by atoms with Crippen molar-refractivity contribution in [1.29, 1.82) is 0 Å². The second-order valence-electron chi connectivity index (χ2n) is 6.79. The van der Waals surface area contributed by atoms with Crippen molar-refractivity contribution in [2.45, 2.75) is 38.4 Å². The lowest BCUT2D eigenvalue weighted by Crippen LogP contribution is -2.39. The van der Waals surface area contributed by atoms with Crippen LogP contribution in [0, 0.1) is 11.8 Å². The summed E-state index contributed by atoms with van der Waals surface area (Å²) in [6, 6.07) is 0.555. The minimum Gasteiger partial charge on any atom is -0.381 e. The Hall–Kier alpha value is -0.910. The molecule has 0 aromatic carbocycles. The Bertz CT molecular complexity index is 466. The predicted molar refractivity (Wildman–Crippen MR) is 78.9 cm³/mol. The number of ether oxygens (including phenoxy) is 2. The fraction of sp³-hybridized carbons (Fsp3) is 0.812. The zero-order chi connectivity index (χ0) is 14.1. The molecule has 2 aliphatic heterocycles. The first-order valence-electron chi connectivity index (χ1n) is 8.28. The standard InChI is InChI=1S/C16H25N3O2/c1-2-13(1)10-21-11-14-7-18-5-4-17-16(18)9-19(8-14)15-3-6-20-12-15/h4-5,13-15H,1-3,6-12H2. The van der Waals surface area contributed by atoms with Crippen LogP contribution in [0.4, 0.5) is 0 Å². The van der Waals surface area contributed by atoms with E-state index in [9.17, 15) is 0 Å². The van der Waals surface area contributed by atoms with Gasteiger partial charge in [0.25, 0.3) is 0 Å². The molecule has 116 valence electrons. The van der Waals surface area contributed by atoms with Crippen LogP contribution in [-0.4, -0.2) is 53.5 Å². The summed E-state index contributed by atoms with van der Waals surface area (Å²) in [4.78, 5) is 7.09. The minimum atomic E-state index is 0.555. The molecule has 21 heavy (non-hydrogen) atoms. The molecule has 5 heteroatoms. The average Bonchev–Trinajstić information content (AvgIpc) is 3.01. The van der Waals surface area contributed by atoms with Gasteiger partial charge >= 0.3 is 0 Å². The third-order valence-corrected chi connectivity index (χ3v) is 4.92. The van der Waals surface area contributed by atoms with E-state index in [0.717, 1.165) is 58.4 Å². The molecule has 0 spiro atoms. The van der Waals surface area contributed by atoms with Crippen LogP contribution in [0.2, 0.25) is 0 Å². The second-order valence-corrected chi connectivity index (χ2v) is 6.79. The predicted octanol–water partition coefficient (Wildman–Crippen LogP) is 1.53. The molecular formula is C16H25N3O2. The van der Waals surface area contributed by atoms with Crippen molar-refractivity contribution in [2.24, 2.45) is 11.8 Å². The molecule has 3 heterocycles. The number of nitrogens with zero attached hydrogens (tertiary/aromatic N) is 3. The van der Waals surface area contributed by atoms with Crippen LogP contribution in [0.3, 0.4) is 0 Å². The van der Waals surface area contributed by atoms with Gasteiger partial charge in [0.1, 0.15) is 5.82 Å². The van der Waals surface area contributed by atoms with Crippen LogP contribution in [0.5, 0.6) is 0 Å². The van der Waals surface area contributed by atoms with Gasteiger partial charge < -0.3 is 14.0 Å². The maximum Gasteiger partial charge on any atom is 0.122 e. The molecule has 0 N–H and O–H groups in total. The van der Waals surface area contributed by atoms with Gasteiger partial charge in [0, 0.05) is 50.7 Å². The van der Waals surface area contributed by atoms with E-state index in [1.165, 1.54) is 18.7 Å². The Morgan fingerprint density at radius 2 is 2.10 bits per heavy atom. The van der Waals surface area contributed by atoms with E-state index in [1.807, 2.05) is 6.20 Å². The van der Waals surface area contributed by atoms with Crippen LogP contribution < -0.4 is 0 Å². The summed E-state index contributed by atoms with van der Waals surface area (Å²) >= 11 is 0. The normalized spacial score (nSPS) is 30.3. The molecule has 1 saturated heterocycles. The molecular weight excluding hydrogens is 266 g/mol. The molecule has 4 rings (SSSR count). The average molecular weight is 291 g/mol. The third kappa shape index (κ3) is 3.30. The smallest absolute Gasteiger partial charge is 0.122 e. The molecule has 3 aliphatic rings. The van der Waals surface area contributed by atoms with Crippen molar-refractivity contribution >= 4 is 0 Å². The van der Waals surface area contributed by atoms with E-state index in [-0.39, 0.29) is 0 Å². The highest BCUT2D eigenvalue weighted by Gasteiger charge is 2.30.